The highest BCUT2D eigenvalue weighted by molar-refractivity contribution is 6.08. The SMILES string of the molecule is COc1c(/C(C)=C/C(=O)Nc2cc(C)ccc2C)cc2c(-c3cccc4ccccc34)coc2c1C. The maximum atomic E-state index is 12.9. The predicted molar refractivity (Wildman–Crippen MR) is 149 cm³/mol. The minimum atomic E-state index is -0.178. The third-order valence-corrected chi connectivity index (χ3v) is 6.75. The Kier molecular flexibility index (Phi) is 6.11. The van der Waals surface area contributed by atoms with E-state index in [0.29, 0.717) is 5.75 Å². The summed E-state index contributed by atoms with van der Waals surface area (Å²) < 4.78 is 11.9. The zero-order chi connectivity index (χ0) is 25.4. The first-order valence-corrected chi connectivity index (χ1v) is 12.0. The number of ether oxygens (including phenoxy) is 1. The highest BCUT2D eigenvalue weighted by Gasteiger charge is 2.19. The Balaban J connectivity index is 1.61. The largest absolute Gasteiger partial charge is 0.496 e. The van der Waals surface area contributed by atoms with Crippen molar-refractivity contribution in [2.45, 2.75) is 27.7 Å². The van der Waals surface area contributed by atoms with E-state index in [0.717, 1.165) is 61.0 Å². The maximum absolute atomic E-state index is 12.9. The highest BCUT2D eigenvalue weighted by Crippen LogP contribution is 2.42. The lowest BCUT2D eigenvalue weighted by Crippen LogP contribution is -2.10. The number of rotatable bonds is 5. The van der Waals surface area contributed by atoms with Crippen molar-refractivity contribution in [3.05, 3.63) is 101 Å². The molecule has 5 aromatic rings. The van der Waals surface area contributed by atoms with Crippen LogP contribution in [0.25, 0.3) is 38.4 Å². The molecule has 1 heterocycles. The molecule has 0 aliphatic rings. The molecular formula is C32H29NO3. The number of allylic oxidation sites excluding steroid dienone is 1. The van der Waals surface area contributed by atoms with Gasteiger partial charge < -0.3 is 14.5 Å². The van der Waals surface area contributed by atoms with E-state index in [1.807, 2.05) is 58.2 Å². The molecule has 0 aliphatic heterocycles. The molecule has 36 heavy (non-hydrogen) atoms. The molecule has 0 bridgehead atoms. The summed E-state index contributed by atoms with van der Waals surface area (Å²) in [6.45, 7) is 7.92. The second kappa shape index (κ2) is 9.38. The number of methoxy groups -OCH3 is 1. The van der Waals surface area contributed by atoms with Crippen LogP contribution in [0.4, 0.5) is 5.69 Å². The topological polar surface area (TPSA) is 51.5 Å². The molecule has 0 fully saturated rings. The maximum Gasteiger partial charge on any atom is 0.248 e. The lowest BCUT2D eigenvalue weighted by atomic mass is 9.94. The first-order chi connectivity index (χ1) is 17.4. The highest BCUT2D eigenvalue weighted by atomic mass is 16.5. The van der Waals surface area contributed by atoms with Crippen LogP contribution in [0.1, 0.15) is 29.2 Å². The molecule has 0 radical (unpaired) electrons. The fourth-order valence-corrected chi connectivity index (χ4v) is 4.85. The molecule has 1 aromatic heterocycles. The van der Waals surface area contributed by atoms with Crippen molar-refractivity contribution in [2.24, 2.45) is 0 Å². The Labute approximate surface area is 211 Å². The molecule has 1 N–H and O–H groups in total. The van der Waals surface area contributed by atoms with Crippen molar-refractivity contribution in [3.63, 3.8) is 0 Å². The number of anilines is 1. The number of amides is 1. The third kappa shape index (κ3) is 4.16. The van der Waals surface area contributed by atoms with Crippen LogP contribution in [0, 0.1) is 20.8 Å². The van der Waals surface area contributed by atoms with Gasteiger partial charge in [0.25, 0.3) is 0 Å². The fourth-order valence-electron chi connectivity index (χ4n) is 4.85. The molecule has 0 atom stereocenters. The Hall–Kier alpha value is -4.31. The average molecular weight is 476 g/mol. The van der Waals surface area contributed by atoms with E-state index in [2.05, 4.69) is 47.8 Å². The van der Waals surface area contributed by atoms with Gasteiger partial charge in [-0.1, -0.05) is 54.6 Å². The molecule has 5 rings (SSSR count). The molecule has 0 saturated heterocycles. The monoisotopic (exact) mass is 475 g/mol. The van der Waals surface area contributed by atoms with Crippen molar-refractivity contribution in [2.75, 3.05) is 12.4 Å². The predicted octanol–water partition coefficient (Wildman–Crippen LogP) is 8.23. The Bertz CT molecular complexity index is 1650. The molecule has 0 aliphatic carbocycles. The molecule has 180 valence electrons. The van der Waals surface area contributed by atoms with Crippen LogP contribution in [-0.2, 0) is 4.79 Å². The Morgan fingerprint density at radius 2 is 1.69 bits per heavy atom. The van der Waals surface area contributed by atoms with Gasteiger partial charge in [0.2, 0.25) is 5.91 Å². The standard InChI is InChI=1S/C32H29NO3/c1-19-13-14-20(2)29(15-19)33-30(34)16-21(3)26-17-27-28(18-36-32(27)22(4)31(26)35-5)25-12-8-10-23-9-6-7-11-24(23)25/h6-18H,1-5H3,(H,33,34)/b21-16+. The van der Waals surface area contributed by atoms with Gasteiger partial charge in [-0.15, -0.1) is 0 Å². The van der Waals surface area contributed by atoms with Crippen molar-refractivity contribution >= 4 is 38.9 Å². The number of carbonyl (C=O) groups excluding carboxylic acids is 1. The average Bonchev–Trinajstić information content (AvgIpc) is 3.30. The molecule has 4 heteroatoms. The first-order valence-electron chi connectivity index (χ1n) is 12.0. The molecule has 4 aromatic carbocycles. The van der Waals surface area contributed by atoms with Crippen LogP contribution in [0.3, 0.4) is 0 Å². The number of aryl methyl sites for hydroxylation is 3. The fraction of sp³-hybridized carbons (Fsp3) is 0.156. The Morgan fingerprint density at radius 1 is 0.917 bits per heavy atom. The van der Waals surface area contributed by atoms with Crippen LogP contribution < -0.4 is 10.1 Å². The van der Waals surface area contributed by atoms with Crippen LogP contribution in [0.5, 0.6) is 5.75 Å². The van der Waals surface area contributed by atoms with E-state index in [9.17, 15) is 4.79 Å². The van der Waals surface area contributed by atoms with Gasteiger partial charge in [-0.25, -0.2) is 0 Å². The van der Waals surface area contributed by atoms with Crippen molar-refractivity contribution < 1.29 is 13.9 Å². The lowest BCUT2D eigenvalue weighted by Gasteiger charge is -2.14. The van der Waals surface area contributed by atoms with Gasteiger partial charge in [-0.05, 0) is 72.9 Å². The molecule has 0 unspecified atom stereocenters. The van der Waals surface area contributed by atoms with E-state index >= 15 is 0 Å². The van der Waals surface area contributed by atoms with Crippen molar-refractivity contribution in [1.82, 2.24) is 0 Å². The number of furan rings is 1. The van der Waals surface area contributed by atoms with Gasteiger partial charge in [0.1, 0.15) is 11.3 Å². The second-order valence-corrected chi connectivity index (χ2v) is 9.27. The van der Waals surface area contributed by atoms with E-state index in [-0.39, 0.29) is 5.91 Å². The molecule has 1 amide bonds. The summed E-state index contributed by atoms with van der Waals surface area (Å²) in [6, 6.07) is 22.7. The summed E-state index contributed by atoms with van der Waals surface area (Å²) >= 11 is 0. The van der Waals surface area contributed by atoms with Gasteiger partial charge in [0, 0.05) is 33.8 Å². The minimum absolute atomic E-state index is 0.178. The van der Waals surface area contributed by atoms with Gasteiger partial charge in [0.15, 0.2) is 0 Å². The van der Waals surface area contributed by atoms with Gasteiger partial charge in [0.05, 0.1) is 13.4 Å². The lowest BCUT2D eigenvalue weighted by molar-refractivity contribution is -0.111. The zero-order valence-electron chi connectivity index (χ0n) is 21.2. The summed E-state index contributed by atoms with van der Waals surface area (Å²) in [5.74, 6) is 0.525. The third-order valence-electron chi connectivity index (χ3n) is 6.75. The summed E-state index contributed by atoms with van der Waals surface area (Å²) in [5, 5.41) is 6.35. The molecular weight excluding hydrogens is 446 g/mol. The molecule has 0 saturated carbocycles. The number of fused-ring (bicyclic) bond motifs is 2. The number of hydrogen-bond donors (Lipinski definition) is 1. The van der Waals surface area contributed by atoms with E-state index < -0.39 is 0 Å². The summed E-state index contributed by atoms with van der Waals surface area (Å²) in [5.41, 5.74) is 8.42. The minimum Gasteiger partial charge on any atom is -0.496 e. The summed E-state index contributed by atoms with van der Waals surface area (Å²) in [6.07, 6.45) is 3.44. The summed E-state index contributed by atoms with van der Waals surface area (Å²) in [7, 11) is 1.65. The second-order valence-electron chi connectivity index (χ2n) is 9.27. The van der Waals surface area contributed by atoms with Crippen molar-refractivity contribution in [3.8, 4) is 16.9 Å². The van der Waals surface area contributed by atoms with E-state index in [4.69, 9.17) is 9.15 Å². The number of hydrogen-bond acceptors (Lipinski definition) is 3. The zero-order valence-corrected chi connectivity index (χ0v) is 21.2. The summed E-state index contributed by atoms with van der Waals surface area (Å²) in [4.78, 5) is 12.9. The van der Waals surface area contributed by atoms with E-state index in [1.54, 1.807) is 13.2 Å². The van der Waals surface area contributed by atoms with Crippen LogP contribution in [0.15, 0.2) is 83.5 Å². The number of benzene rings is 4. The Morgan fingerprint density at radius 3 is 2.50 bits per heavy atom. The van der Waals surface area contributed by atoms with Crippen LogP contribution >= 0.6 is 0 Å². The van der Waals surface area contributed by atoms with Gasteiger partial charge in [-0.3, -0.25) is 4.79 Å². The quantitative estimate of drug-likeness (QED) is 0.261. The number of carbonyl (C=O) groups is 1. The molecule has 4 nitrogen and oxygen atoms in total. The molecule has 0 spiro atoms. The smallest absolute Gasteiger partial charge is 0.248 e. The number of nitrogens with one attached hydrogen (secondary N) is 1. The van der Waals surface area contributed by atoms with Gasteiger partial charge >= 0.3 is 0 Å². The van der Waals surface area contributed by atoms with Crippen LogP contribution in [-0.4, -0.2) is 13.0 Å². The van der Waals surface area contributed by atoms with Crippen molar-refractivity contribution in [1.29, 1.82) is 0 Å². The normalized spacial score (nSPS) is 11.8. The first kappa shape index (κ1) is 23.4. The van der Waals surface area contributed by atoms with Gasteiger partial charge in [-0.2, -0.15) is 0 Å². The van der Waals surface area contributed by atoms with E-state index in [1.165, 1.54) is 5.39 Å². The van der Waals surface area contributed by atoms with Crippen LogP contribution in [0.2, 0.25) is 0 Å².